The van der Waals surface area contributed by atoms with Gasteiger partial charge in [0.2, 0.25) is 5.91 Å². The number of fused-ring (bicyclic) bond motifs is 1. The van der Waals surface area contributed by atoms with Gasteiger partial charge in [-0.15, -0.1) is 13.5 Å². The maximum atomic E-state index is 11.7. The first-order chi connectivity index (χ1) is 53.4. The molecule has 0 fully saturated rings. The first kappa shape index (κ1) is 134. The Hall–Kier alpha value is -3.22. The standard InChI is InChI=1S/C14H21N3.C13H18O.C12H18.C9H20.C8H11NO.C8H18.C6H14S.C6H6.C5H11NO.C5H10.C4H11N.C4H8O.C4H10S.C3H9NO.2U/c1-11(2)17-13(10-16(4)15-3)9-12-7-5-6-8-14(12)17;1-4-11-5-7-12(8-6-11)13(14)9-10(2)3;1-4-5-11-6-8-12(9-7-11)10(2)3;1-6-8(4)9(5)7(2)3;1-6(2)9-7(3)4-5-8(9)10;1-6(2)8(5)7(3)4;1-5(2)6(3)4-7;1-6-4-2-3-5-6;1-4(2)5(7)6-3;1-4-5(2)3;1-4(2)5-3;2*1-4(2)3-5;1-3(2)5-4;;/h5-9,11,15H,10H2,1-4H3;5-8,10H,4,9H2,1-3H3;6-10H,4-5H2,1-3H3;7-9H,6H2,1-5H3;4-6H,3H2,1-2H3;6-8H,1-5H3;5-7H,4H2,1-3H3;5H,2H2,1H3;4H,1-3H3,(H,6,7);4-5H,1H2,2-3H3;4-5H,1-3H3;3-4H,1-2H3;4-5H,3H2,1-2H3;3H,4H2,1-2H3;;/q;;;;;;;-2;;;;;;;;. The molecule has 117 heavy (non-hydrogen) atoms. The predicted molar refractivity (Wildman–Crippen MR) is 520 cm³/mol. The van der Waals surface area contributed by atoms with E-state index >= 15 is 0 Å². The molecule has 12 nitrogen and oxygen atoms in total. The van der Waals surface area contributed by atoms with Gasteiger partial charge in [-0.3, -0.25) is 19.8 Å². The van der Waals surface area contributed by atoms with Gasteiger partial charge in [0, 0.05) is 141 Å². The van der Waals surface area contributed by atoms with Gasteiger partial charge in [0.15, 0.2) is 5.78 Å². The molecule has 3 atom stereocenters. The van der Waals surface area contributed by atoms with E-state index < -0.39 is 0 Å². The summed E-state index contributed by atoms with van der Waals surface area (Å²) in [6.45, 7) is 85.1. The Morgan fingerprint density at radius 3 is 1.32 bits per heavy atom. The number of amides is 2. The van der Waals surface area contributed by atoms with Crippen LogP contribution in [0.25, 0.3) is 10.9 Å². The number of aldehydes is 1. The van der Waals surface area contributed by atoms with Gasteiger partial charge in [-0.25, -0.2) is 17.3 Å². The number of thiol groups is 2. The van der Waals surface area contributed by atoms with Crippen molar-refractivity contribution < 1.29 is 86.2 Å². The zero-order valence-electron chi connectivity index (χ0n) is 82.9. The zero-order chi connectivity index (χ0) is 91.4. The minimum atomic E-state index is 0. The average molecular weight is 2120 g/mol. The number of allylic oxidation sites excluding steroid dienone is 6. The number of hydrazine groups is 1. The second-order valence-corrected chi connectivity index (χ2v) is 35.3. The third kappa shape index (κ3) is 80.9. The molecule has 0 radical (unpaired) electrons. The summed E-state index contributed by atoms with van der Waals surface area (Å²) in [5.74, 6) is 16.6. The topological polar surface area (TPSA) is 151 Å². The Balaban J connectivity index is -0.000000134. The van der Waals surface area contributed by atoms with Crippen LogP contribution in [0.2, 0.25) is 0 Å². The average Bonchev–Trinajstić information content (AvgIpc) is 1.64. The normalized spacial score (nSPS) is 12.2. The van der Waals surface area contributed by atoms with E-state index in [1.807, 2.05) is 113 Å². The van der Waals surface area contributed by atoms with E-state index in [0.717, 1.165) is 102 Å². The van der Waals surface area contributed by atoms with E-state index in [0.29, 0.717) is 36.3 Å². The molecule has 676 valence electrons. The number of Topliss-reactive ketones (excluding diaryl/α,β-unsaturated/α-hetero) is 1. The minimum absolute atomic E-state index is 0. The first-order valence-electron chi connectivity index (χ1n) is 43.4. The summed E-state index contributed by atoms with van der Waals surface area (Å²) >= 11 is 8.17. The summed E-state index contributed by atoms with van der Waals surface area (Å²) in [7, 11) is 7.59. The summed E-state index contributed by atoms with van der Waals surface area (Å²) < 4.78 is 2.41. The number of nitrogens with two attached hydrogens (primary N) is 1. The van der Waals surface area contributed by atoms with Crippen LogP contribution < -0.4 is 22.0 Å². The third-order valence-electron chi connectivity index (χ3n) is 18.7. The summed E-state index contributed by atoms with van der Waals surface area (Å²) in [5, 5.41) is 8.96. The van der Waals surface area contributed by atoms with Crippen LogP contribution in [0.15, 0.2) is 128 Å². The van der Waals surface area contributed by atoms with Crippen LogP contribution in [0.4, 0.5) is 0 Å². The molecule has 3 unspecified atom stereocenters. The summed E-state index contributed by atoms with van der Waals surface area (Å²) in [6.07, 6.45) is 20.6. The van der Waals surface area contributed by atoms with Gasteiger partial charge in [0.25, 0.3) is 5.91 Å². The van der Waals surface area contributed by atoms with E-state index in [9.17, 15) is 19.2 Å². The molecule has 3 aromatic carbocycles. The maximum absolute atomic E-state index is 11.7. The van der Waals surface area contributed by atoms with Crippen molar-refractivity contribution in [3.05, 3.63) is 168 Å². The molecule has 4 aromatic rings. The maximum Gasteiger partial charge on any atom is 0.251 e. The minimum Gasteiger partial charge on any atom is -0.392 e. The number of benzene rings is 3. The van der Waals surface area contributed by atoms with Crippen molar-refractivity contribution >= 4 is 60.0 Å². The number of carbonyl (C=O) groups excluding carboxylic acids is 4. The molecular weight excluding hydrogens is 1930 g/mol. The Bertz CT molecular complexity index is 3000. The van der Waals surface area contributed by atoms with Crippen LogP contribution in [-0.4, -0.2) is 96.2 Å². The monoisotopic (exact) mass is 2120 g/mol. The Morgan fingerprint density at radius 1 is 0.641 bits per heavy atom. The van der Waals surface area contributed by atoms with E-state index in [2.05, 4.69) is 336 Å². The third-order valence-corrected chi connectivity index (χ3v) is 20.0. The fraction of sp³-hybridized carbons (Fsp3) is 0.663. The molecule has 0 saturated heterocycles. The fourth-order valence-corrected chi connectivity index (χ4v) is 9.28. The summed E-state index contributed by atoms with van der Waals surface area (Å²) in [4.78, 5) is 48.5. The van der Waals surface area contributed by atoms with Crippen molar-refractivity contribution in [1.29, 1.82) is 0 Å². The number of para-hydroxylation sites is 1. The number of nitrogens with one attached hydrogen (secondary N) is 3. The van der Waals surface area contributed by atoms with E-state index in [1.54, 1.807) is 24.1 Å². The van der Waals surface area contributed by atoms with E-state index in [4.69, 9.17) is 0 Å². The summed E-state index contributed by atoms with van der Waals surface area (Å²) in [5.41, 5.74) is 12.8. The van der Waals surface area contributed by atoms with E-state index in [1.165, 1.54) is 58.1 Å². The van der Waals surface area contributed by atoms with Crippen molar-refractivity contribution in [1.82, 2.24) is 30.5 Å². The SMILES string of the molecule is C=C1C=CC(=O)N1C(C)C.C=CC(C)C.CC(C)C(C)C(C)C.CC(C)C(C)CS.CC(C)C=O.CC(C)CS.CC(C)ON.CC1=[C-]C[C-]=C1.CCC(C)C(C)C(C)C.CCCc1ccc(C(C)C)cc1.CCc1ccc(C(=O)CC(C)C)cc1.CNC(=O)C(C)C.CNC(C)C.CNN(C)Cc1cc2ccccc2n1C(C)C.[U].[U]. The molecule has 1 aliphatic carbocycles. The Labute approximate surface area is 784 Å². The summed E-state index contributed by atoms with van der Waals surface area (Å²) in [6, 6.07) is 29.1. The fourth-order valence-electron chi connectivity index (χ4n) is 8.86. The Morgan fingerprint density at radius 2 is 1.09 bits per heavy atom. The van der Waals surface area contributed by atoms with Gasteiger partial charge in [-0.05, 0) is 191 Å². The molecule has 16 heteroatoms. The molecule has 0 bridgehead atoms. The molecule has 0 spiro atoms. The zero-order valence-corrected chi connectivity index (χ0v) is 93.0. The van der Waals surface area contributed by atoms with Crippen molar-refractivity contribution in [3.63, 3.8) is 0 Å². The van der Waals surface area contributed by atoms with Gasteiger partial charge in [-0.2, -0.15) is 25.3 Å². The molecule has 1 aromatic heterocycles. The smallest absolute Gasteiger partial charge is 0.251 e. The molecule has 6 rings (SSSR count). The van der Waals surface area contributed by atoms with Crippen LogP contribution in [0, 0.1) is 151 Å². The van der Waals surface area contributed by atoms with Gasteiger partial charge in [0.05, 0.1) is 12.6 Å². The molecular formula is C101H185N7O5S2U2-2. The van der Waals surface area contributed by atoms with Gasteiger partial charge in [0.1, 0.15) is 6.29 Å². The van der Waals surface area contributed by atoms with Crippen molar-refractivity contribution in [2.75, 3.05) is 39.7 Å². The van der Waals surface area contributed by atoms with Gasteiger partial charge >= 0.3 is 0 Å². The number of ketones is 1. The Kier molecular flexibility index (Phi) is 97.6. The van der Waals surface area contributed by atoms with Gasteiger partial charge in [-0.1, -0.05) is 293 Å². The van der Waals surface area contributed by atoms with E-state index in [-0.39, 0.29) is 104 Å². The molecule has 0 saturated carbocycles. The second-order valence-electron chi connectivity index (χ2n) is 34.5. The number of nitrogens with zero attached hydrogens (tertiary/aromatic N) is 3. The number of aryl methyl sites for hydroxylation is 2. The number of hydrogen-bond acceptors (Lipinski definition) is 11. The van der Waals surface area contributed by atoms with Crippen LogP contribution in [-0.2, 0) is 38.6 Å². The number of carbonyl (C=O) groups is 4. The van der Waals surface area contributed by atoms with Crippen LogP contribution in [0.1, 0.15) is 320 Å². The number of hydrogen-bond donors (Lipinski definition) is 6. The van der Waals surface area contributed by atoms with Crippen molar-refractivity contribution in [2.24, 2.45) is 82.8 Å². The molecule has 1 aliphatic heterocycles. The second kappa shape index (κ2) is 85.0. The molecule has 2 aliphatic rings. The first-order valence-corrected chi connectivity index (χ1v) is 44.7. The predicted octanol–water partition coefficient (Wildman–Crippen LogP) is 26.8. The number of rotatable bonds is 25. The van der Waals surface area contributed by atoms with Crippen LogP contribution >= 0.6 is 25.3 Å². The molecule has 5 N–H and O–H groups in total. The van der Waals surface area contributed by atoms with Gasteiger partial charge < -0.3 is 53.5 Å². The molecule has 2 heterocycles. The molecule has 2 amide bonds. The van der Waals surface area contributed by atoms with Crippen molar-refractivity contribution in [2.45, 2.75) is 324 Å². The van der Waals surface area contributed by atoms with Crippen molar-refractivity contribution in [3.8, 4) is 0 Å². The van der Waals surface area contributed by atoms with Crippen LogP contribution in [0.5, 0.6) is 0 Å². The van der Waals surface area contributed by atoms with Crippen LogP contribution in [0.3, 0.4) is 0 Å². The quantitative estimate of drug-likeness (QED) is 0.00952. The number of aromatic nitrogens is 1. The largest absolute Gasteiger partial charge is 0.392 e.